The highest BCUT2D eigenvalue weighted by molar-refractivity contribution is 7.09. The van der Waals surface area contributed by atoms with E-state index in [0.29, 0.717) is 19.7 Å². The van der Waals surface area contributed by atoms with Crippen molar-refractivity contribution in [3.05, 3.63) is 61.3 Å². The molecule has 8 heteroatoms. The van der Waals surface area contributed by atoms with Crippen LogP contribution in [0.15, 0.2) is 35.7 Å². The van der Waals surface area contributed by atoms with Crippen LogP contribution >= 0.6 is 22.9 Å². The fraction of sp³-hybridized carbons (Fsp3) is 0.353. The number of nitro groups is 1. The topological polar surface area (TPSA) is 72.7 Å². The molecule has 132 valence electrons. The van der Waals surface area contributed by atoms with Gasteiger partial charge < -0.3 is 9.64 Å². The van der Waals surface area contributed by atoms with Gasteiger partial charge in [0.15, 0.2) is 0 Å². The summed E-state index contributed by atoms with van der Waals surface area (Å²) >= 11 is 7.41. The monoisotopic (exact) mass is 380 g/mol. The zero-order chi connectivity index (χ0) is 17.8. The van der Waals surface area contributed by atoms with E-state index in [0.717, 1.165) is 17.7 Å². The molecule has 0 spiro atoms. The zero-order valence-corrected chi connectivity index (χ0v) is 15.0. The van der Waals surface area contributed by atoms with Crippen molar-refractivity contribution >= 4 is 34.5 Å². The van der Waals surface area contributed by atoms with Crippen molar-refractivity contribution in [2.75, 3.05) is 13.2 Å². The number of ether oxygens (including phenoxy) is 1. The Morgan fingerprint density at radius 2 is 2.28 bits per heavy atom. The molecule has 1 aromatic carbocycles. The van der Waals surface area contributed by atoms with Gasteiger partial charge in [0.05, 0.1) is 17.6 Å². The van der Waals surface area contributed by atoms with E-state index in [1.165, 1.54) is 18.2 Å². The third-order valence-corrected chi connectivity index (χ3v) is 5.23. The highest BCUT2D eigenvalue weighted by Gasteiger charge is 2.25. The van der Waals surface area contributed by atoms with Crippen LogP contribution < -0.4 is 0 Å². The Labute approximate surface area is 154 Å². The molecule has 1 aliphatic heterocycles. The van der Waals surface area contributed by atoms with E-state index in [4.69, 9.17) is 16.3 Å². The van der Waals surface area contributed by atoms with Gasteiger partial charge in [0.1, 0.15) is 5.02 Å². The first-order chi connectivity index (χ1) is 12.0. The number of halogens is 1. The minimum atomic E-state index is -0.581. The number of hydrogen-bond acceptors (Lipinski definition) is 5. The lowest BCUT2D eigenvalue weighted by molar-refractivity contribution is -0.384. The van der Waals surface area contributed by atoms with Crippen LogP contribution in [-0.2, 0) is 11.3 Å². The summed E-state index contributed by atoms with van der Waals surface area (Å²) in [5.74, 6) is -0.260. The Morgan fingerprint density at radius 3 is 2.92 bits per heavy atom. The number of rotatable bonds is 6. The maximum absolute atomic E-state index is 13.0. The molecule has 0 N–H and O–H groups in total. The number of carbonyl (C=O) groups is 1. The molecule has 0 saturated carbocycles. The van der Waals surface area contributed by atoms with Gasteiger partial charge in [-0.1, -0.05) is 17.7 Å². The molecule has 0 aliphatic carbocycles. The van der Waals surface area contributed by atoms with Crippen LogP contribution in [0.2, 0.25) is 5.02 Å². The molecule has 25 heavy (non-hydrogen) atoms. The molecule has 1 aliphatic rings. The molecule has 0 radical (unpaired) electrons. The first-order valence-corrected chi connectivity index (χ1v) is 9.17. The van der Waals surface area contributed by atoms with Crippen LogP contribution in [0.1, 0.15) is 28.1 Å². The largest absolute Gasteiger partial charge is 0.376 e. The van der Waals surface area contributed by atoms with Crippen molar-refractivity contribution in [3.8, 4) is 0 Å². The van der Waals surface area contributed by atoms with E-state index < -0.39 is 4.92 Å². The van der Waals surface area contributed by atoms with Crippen LogP contribution in [-0.4, -0.2) is 35.0 Å². The number of nitrogens with zero attached hydrogens (tertiary/aromatic N) is 2. The summed E-state index contributed by atoms with van der Waals surface area (Å²) in [7, 11) is 0. The molecule has 2 heterocycles. The van der Waals surface area contributed by atoms with E-state index in [1.54, 1.807) is 16.2 Å². The summed E-state index contributed by atoms with van der Waals surface area (Å²) in [5, 5.41) is 13.1. The van der Waals surface area contributed by atoms with E-state index in [-0.39, 0.29) is 28.3 Å². The van der Waals surface area contributed by atoms with Crippen LogP contribution in [0.3, 0.4) is 0 Å². The lowest BCUT2D eigenvalue weighted by Crippen LogP contribution is -2.36. The van der Waals surface area contributed by atoms with Gasteiger partial charge in [0.2, 0.25) is 0 Å². The van der Waals surface area contributed by atoms with Gasteiger partial charge in [0, 0.05) is 29.7 Å². The fourth-order valence-corrected chi connectivity index (χ4v) is 3.72. The van der Waals surface area contributed by atoms with Gasteiger partial charge in [-0.05, 0) is 36.4 Å². The average Bonchev–Trinajstić information content (AvgIpc) is 3.27. The SMILES string of the molecule is O=C(c1ccc(Cl)c([N+](=O)[O-])c1)N(Cc1cccs1)CC1CCCO1. The molecule has 1 unspecified atom stereocenters. The Balaban J connectivity index is 1.84. The molecule has 0 bridgehead atoms. The normalized spacial score (nSPS) is 16.8. The molecular formula is C17H17ClN2O4S. The highest BCUT2D eigenvalue weighted by atomic mass is 35.5. The highest BCUT2D eigenvalue weighted by Crippen LogP contribution is 2.26. The molecular weight excluding hydrogens is 364 g/mol. The molecule has 1 fully saturated rings. The minimum absolute atomic E-state index is 0.00574. The van der Waals surface area contributed by atoms with Crippen LogP contribution in [0.25, 0.3) is 0 Å². The summed E-state index contributed by atoms with van der Waals surface area (Å²) in [6.07, 6.45) is 1.90. The number of nitro benzene ring substituents is 1. The lowest BCUT2D eigenvalue weighted by atomic mass is 10.1. The van der Waals surface area contributed by atoms with Crippen molar-refractivity contribution < 1.29 is 14.5 Å². The third kappa shape index (κ3) is 4.36. The zero-order valence-electron chi connectivity index (χ0n) is 13.4. The number of carbonyl (C=O) groups excluding carboxylic acids is 1. The number of hydrogen-bond donors (Lipinski definition) is 0. The van der Waals surface area contributed by atoms with Gasteiger partial charge in [0.25, 0.3) is 11.6 Å². The predicted octanol–water partition coefficient (Wildman–Crippen LogP) is 4.13. The molecule has 1 atom stereocenters. The average molecular weight is 381 g/mol. The van der Waals surface area contributed by atoms with Crippen LogP contribution in [0.5, 0.6) is 0 Å². The predicted molar refractivity (Wildman–Crippen MR) is 96.1 cm³/mol. The van der Waals surface area contributed by atoms with Gasteiger partial charge >= 0.3 is 0 Å². The minimum Gasteiger partial charge on any atom is -0.376 e. The summed E-state index contributed by atoms with van der Waals surface area (Å²) in [6, 6.07) is 8.05. The Hall–Kier alpha value is -1.96. The molecule has 1 amide bonds. The van der Waals surface area contributed by atoms with Crippen LogP contribution in [0, 0.1) is 10.1 Å². The van der Waals surface area contributed by atoms with Gasteiger partial charge in [-0.2, -0.15) is 0 Å². The maximum Gasteiger partial charge on any atom is 0.288 e. The second kappa shape index (κ2) is 7.95. The Bertz CT molecular complexity index is 760. The van der Waals surface area contributed by atoms with Crippen molar-refractivity contribution in [2.24, 2.45) is 0 Å². The van der Waals surface area contributed by atoms with Crippen molar-refractivity contribution in [1.29, 1.82) is 0 Å². The number of benzene rings is 1. The van der Waals surface area contributed by atoms with Gasteiger partial charge in [-0.3, -0.25) is 14.9 Å². The molecule has 2 aromatic rings. The van der Waals surface area contributed by atoms with E-state index in [1.807, 2.05) is 17.5 Å². The number of amides is 1. The second-order valence-corrected chi connectivity index (χ2v) is 7.26. The van der Waals surface area contributed by atoms with E-state index in [2.05, 4.69) is 0 Å². The van der Waals surface area contributed by atoms with Crippen molar-refractivity contribution in [2.45, 2.75) is 25.5 Å². The van der Waals surface area contributed by atoms with E-state index >= 15 is 0 Å². The molecule has 3 rings (SSSR count). The standard InChI is InChI=1S/C17H17ClN2O4S/c18-15-6-5-12(9-16(15)20(22)23)17(21)19(10-13-3-1-7-24-13)11-14-4-2-8-25-14/h2,4-6,8-9,13H,1,3,7,10-11H2. The third-order valence-electron chi connectivity index (χ3n) is 4.05. The first-order valence-electron chi connectivity index (χ1n) is 7.92. The molecule has 1 aromatic heterocycles. The lowest BCUT2D eigenvalue weighted by Gasteiger charge is -2.25. The van der Waals surface area contributed by atoms with E-state index in [9.17, 15) is 14.9 Å². The smallest absolute Gasteiger partial charge is 0.288 e. The second-order valence-electron chi connectivity index (χ2n) is 5.82. The summed E-state index contributed by atoms with van der Waals surface area (Å²) in [5.41, 5.74) is -0.00800. The summed E-state index contributed by atoms with van der Waals surface area (Å²) in [4.78, 5) is 26.2. The summed E-state index contributed by atoms with van der Waals surface area (Å²) in [6.45, 7) is 1.62. The molecule has 1 saturated heterocycles. The Kier molecular flexibility index (Phi) is 5.67. The van der Waals surface area contributed by atoms with Crippen molar-refractivity contribution in [3.63, 3.8) is 0 Å². The quantitative estimate of drug-likeness (QED) is 0.558. The Morgan fingerprint density at radius 1 is 1.44 bits per heavy atom. The van der Waals surface area contributed by atoms with Gasteiger partial charge in [-0.15, -0.1) is 11.3 Å². The van der Waals surface area contributed by atoms with Gasteiger partial charge in [-0.25, -0.2) is 0 Å². The van der Waals surface area contributed by atoms with Crippen LogP contribution in [0.4, 0.5) is 5.69 Å². The summed E-state index contributed by atoms with van der Waals surface area (Å²) < 4.78 is 5.65. The van der Waals surface area contributed by atoms with Crippen molar-refractivity contribution in [1.82, 2.24) is 4.90 Å². The number of thiophene rings is 1. The molecule has 6 nitrogen and oxygen atoms in total. The first kappa shape index (κ1) is 17.8. The maximum atomic E-state index is 13.0. The fourth-order valence-electron chi connectivity index (χ4n) is 2.81.